The number of para-hydroxylation sites is 2. The van der Waals surface area contributed by atoms with E-state index in [0.717, 1.165) is 36.2 Å². The summed E-state index contributed by atoms with van der Waals surface area (Å²) >= 11 is 0. The third kappa shape index (κ3) is 4.57. The van der Waals surface area contributed by atoms with Crippen molar-refractivity contribution >= 4 is 16.9 Å². The van der Waals surface area contributed by atoms with Gasteiger partial charge in [-0.05, 0) is 35.6 Å². The Bertz CT molecular complexity index is 896. The third-order valence-electron chi connectivity index (χ3n) is 5.23. The Kier molecular flexibility index (Phi) is 6.28. The Morgan fingerprint density at radius 2 is 1.85 bits per heavy atom. The Morgan fingerprint density at radius 1 is 1.11 bits per heavy atom. The number of carbonyl (C=O) groups excluding carboxylic acids is 1. The quantitative estimate of drug-likeness (QED) is 0.632. The molecule has 0 saturated carbocycles. The standard InChI is InChI=1S/C23H29N3O/c1-4-17(3)19-12-10-18(11-13-19)16-26-21-9-7-6-8-20(21)25-22(26)14-15-24-23(27)5-2/h6-13,17H,4-5,14-16H2,1-3H3,(H,24,27). The number of hydrogen-bond donors (Lipinski definition) is 1. The van der Waals surface area contributed by atoms with E-state index in [-0.39, 0.29) is 5.91 Å². The molecule has 0 saturated heterocycles. The van der Waals surface area contributed by atoms with E-state index in [1.54, 1.807) is 0 Å². The minimum absolute atomic E-state index is 0.0818. The van der Waals surface area contributed by atoms with E-state index in [1.165, 1.54) is 11.1 Å². The first kappa shape index (κ1) is 19.2. The van der Waals surface area contributed by atoms with Crippen LogP contribution in [0.5, 0.6) is 0 Å². The molecule has 1 amide bonds. The molecule has 1 heterocycles. The summed E-state index contributed by atoms with van der Waals surface area (Å²) in [5, 5.41) is 2.95. The number of fused-ring (bicyclic) bond motifs is 1. The molecule has 3 rings (SSSR count). The Morgan fingerprint density at radius 3 is 2.56 bits per heavy atom. The maximum atomic E-state index is 11.5. The summed E-state index contributed by atoms with van der Waals surface area (Å²) < 4.78 is 2.27. The minimum Gasteiger partial charge on any atom is -0.356 e. The highest BCUT2D eigenvalue weighted by Crippen LogP contribution is 2.21. The molecule has 0 spiro atoms. The van der Waals surface area contributed by atoms with Gasteiger partial charge in [0.05, 0.1) is 11.0 Å². The van der Waals surface area contributed by atoms with E-state index in [9.17, 15) is 4.79 Å². The second-order valence-electron chi connectivity index (χ2n) is 7.11. The monoisotopic (exact) mass is 363 g/mol. The van der Waals surface area contributed by atoms with Gasteiger partial charge in [0.25, 0.3) is 0 Å². The van der Waals surface area contributed by atoms with E-state index in [0.29, 0.717) is 18.9 Å². The van der Waals surface area contributed by atoms with Crippen LogP contribution < -0.4 is 5.32 Å². The fourth-order valence-corrected chi connectivity index (χ4v) is 3.30. The highest BCUT2D eigenvalue weighted by Gasteiger charge is 2.11. The van der Waals surface area contributed by atoms with Crippen LogP contribution in [0.1, 0.15) is 56.5 Å². The first-order chi connectivity index (χ1) is 13.1. The number of amides is 1. The fraction of sp³-hybridized carbons (Fsp3) is 0.391. The van der Waals surface area contributed by atoms with Gasteiger partial charge in [0.2, 0.25) is 5.91 Å². The Labute approximate surface area is 161 Å². The lowest BCUT2D eigenvalue weighted by molar-refractivity contribution is -0.120. The smallest absolute Gasteiger partial charge is 0.219 e. The van der Waals surface area contributed by atoms with Crippen molar-refractivity contribution in [1.29, 1.82) is 0 Å². The summed E-state index contributed by atoms with van der Waals surface area (Å²) in [6.07, 6.45) is 2.39. The van der Waals surface area contributed by atoms with Crippen molar-refractivity contribution in [2.45, 2.75) is 52.5 Å². The van der Waals surface area contributed by atoms with Gasteiger partial charge in [-0.15, -0.1) is 0 Å². The van der Waals surface area contributed by atoms with Crippen LogP contribution in [0.25, 0.3) is 11.0 Å². The van der Waals surface area contributed by atoms with Crippen molar-refractivity contribution < 1.29 is 4.79 Å². The second-order valence-corrected chi connectivity index (χ2v) is 7.11. The van der Waals surface area contributed by atoms with E-state index in [2.05, 4.69) is 60.1 Å². The first-order valence-corrected chi connectivity index (χ1v) is 9.92. The van der Waals surface area contributed by atoms with Gasteiger partial charge in [-0.2, -0.15) is 0 Å². The topological polar surface area (TPSA) is 46.9 Å². The molecule has 1 N–H and O–H groups in total. The number of aromatic nitrogens is 2. The number of nitrogens with zero attached hydrogens (tertiary/aromatic N) is 2. The van der Waals surface area contributed by atoms with Gasteiger partial charge in [0, 0.05) is 25.9 Å². The predicted molar refractivity (Wildman–Crippen MR) is 111 cm³/mol. The number of benzene rings is 2. The summed E-state index contributed by atoms with van der Waals surface area (Å²) in [5.41, 5.74) is 4.80. The van der Waals surface area contributed by atoms with Crippen LogP contribution >= 0.6 is 0 Å². The van der Waals surface area contributed by atoms with Gasteiger partial charge in [-0.3, -0.25) is 4.79 Å². The lowest BCUT2D eigenvalue weighted by atomic mass is 9.98. The van der Waals surface area contributed by atoms with E-state index in [1.807, 2.05) is 19.1 Å². The highest BCUT2D eigenvalue weighted by atomic mass is 16.1. The SMILES string of the molecule is CCC(=O)NCCc1nc2ccccc2n1Cc1ccc(C(C)CC)cc1. The van der Waals surface area contributed by atoms with Crippen molar-refractivity contribution in [2.24, 2.45) is 0 Å². The van der Waals surface area contributed by atoms with Gasteiger partial charge in [-0.1, -0.05) is 57.2 Å². The van der Waals surface area contributed by atoms with E-state index in [4.69, 9.17) is 4.98 Å². The Hall–Kier alpha value is -2.62. The van der Waals surface area contributed by atoms with Crippen molar-refractivity contribution in [3.05, 3.63) is 65.5 Å². The molecule has 0 fully saturated rings. The van der Waals surface area contributed by atoms with Crippen LogP contribution in [0.15, 0.2) is 48.5 Å². The highest BCUT2D eigenvalue weighted by molar-refractivity contribution is 5.76. The van der Waals surface area contributed by atoms with Crippen LogP contribution in [-0.4, -0.2) is 22.0 Å². The van der Waals surface area contributed by atoms with Gasteiger partial charge in [0.15, 0.2) is 0 Å². The van der Waals surface area contributed by atoms with Crippen LogP contribution in [0.4, 0.5) is 0 Å². The van der Waals surface area contributed by atoms with Crippen molar-refractivity contribution in [1.82, 2.24) is 14.9 Å². The second kappa shape index (κ2) is 8.85. The zero-order valence-corrected chi connectivity index (χ0v) is 16.5. The summed E-state index contributed by atoms with van der Waals surface area (Å²) in [7, 11) is 0. The minimum atomic E-state index is 0.0818. The summed E-state index contributed by atoms with van der Waals surface area (Å²) in [5.74, 6) is 1.68. The normalized spacial score (nSPS) is 12.3. The Balaban J connectivity index is 1.83. The zero-order chi connectivity index (χ0) is 19.2. The maximum Gasteiger partial charge on any atom is 0.219 e. The van der Waals surface area contributed by atoms with Crippen LogP contribution in [-0.2, 0) is 17.8 Å². The average Bonchev–Trinajstić information content (AvgIpc) is 3.05. The molecule has 0 aliphatic carbocycles. The molecule has 27 heavy (non-hydrogen) atoms. The summed E-state index contributed by atoms with van der Waals surface area (Å²) in [4.78, 5) is 16.3. The molecule has 1 aromatic heterocycles. The number of hydrogen-bond acceptors (Lipinski definition) is 2. The molecule has 0 radical (unpaired) electrons. The number of rotatable bonds is 8. The molecule has 0 aliphatic heterocycles. The fourth-order valence-electron chi connectivity index (χ4n) is 3.30. The lowest BCUT2D eigenvalue weighted by Gasteiger charge is -2.12. The largest absolute Gasteiger partial charge is 0.356 e. The molecule has 142 valence electrons. The molecular formula is C23H29N3O. The molecule has 1 atom stereocenters. The van der Waals surface area contributed by atoms with E-state index >= 15 is 0 Å². The number of carbonyl (C=O) groups is 1. The molecule has 4 nitrogen and oxygen atoms in total. The van der Waals surface area contributed by atoms with Gasteiger partial charge < -0.3 is 9.88 Å². The van der Waals surface area contributed by atoms with Crippen molar-refractivity contribution in [2.75, 3.05) is 6.54 Å². The summed E-state index contributed by atoms with van der Waals surface area (Å²) in [6, 6.07) is 17.2. The van der Waals surface area contributed by atoms with Gasteiger partial charge in [-0.25, -0.2) is 4.98 Å². The molecule has 1 unspecified atom stereocenters. The molecule has 4 heteroatoms. The maximum absolute atomic E-state index is 11.5. The third-order valence-corrected chi connectivity index (χ3v) is 5.23. The molecular weight excluding hydrogens is 334 g/mol. The first-order valence-electron chi connectivity index (χ1n) is 9.92. The average molecular weight is 364 g/mol. The summed E-state index contributed by atoms with van der Waals surface area (Å²) in [6.45, 7) is 7.76. The zero-order valence-electron chi connectivity index (χ0n) is 16.5. The molecule has 0 bridgehead atoms. The molecule has 2 aromatic carbocycles. The lowest BCUT2D eigenvalue weighted by Crippen LogP contribution is -2.25. The molecule has 3 aromatic rings. The van der Waals surface area contributed by atoms with E-state index < -0.39 is 0 Å². The number of imidazole rings is 1. The molecule has 0 aliphatic rings. The number of nitrogens with one attached hydrogen (secondary N) is 1. The van der Waals surface area contributed by atoms with Crippen LogP contribution in [0.2, 0.25) is 0 Å². The van der Waals surface area contributed by atoms with Crippen LogP contribution in [0, 0.1) is 0 Å². The van der Waals surface area contributed by atoms with Gasteiger partial charge >= 0.3 is 0 Å². The van der Waals surface area contributed by atoms with Crippen molar-refractivity contribution in [3.63, 3.8) is 0 Å². The van der Waals surface area contributed by atoms with Crippen molar-refractivity contribution in [3.8, 4) is 0 Å². The predicted octanol–water partition coefficient (Wildman–Crippen LogP) is 4.67. The van der Waals surface area contributed by atoms with Crippen LogP contribution in [0.3, 0.4) is 0 Å². The van der Waals surface area contributed by atoms with Gasteiger partial charge in [0.1, 0.15) is 5.82 Å².